The lowest BCUT2D eigenvalue weighted by molar-refractivity contribution is -0.131. The Balaban J connectivity index is 1.98. The molecule has 0 spiro atoms. The van der Waals surface area contributed by atoms with E-state index in [0.717, 1.165) is 0 Å². The molecule has 1 amide bonds. The summed E-state index contributed by atoms with van der Waals surface area (Å²) in [7, 11) is 0. The molecule has 3 rings (SSSR count). The molecule has 0 aliphatic carbocycles. The van der Waals surface area contributed by atoms with Gasteiger partial charge in [0.1, 0.15) is 23.6 Å². The lowest BCUT2D eigenvalue weighted by atomic mass is 10.00. The zero-order valence-corrected chi connectivity index (χ0v) is 11.6. The molecule has 0 saturated heterocycles. The quantitative estimate of drug-likeness (QED) is 0.942. The molecule has 0 fully saturated rings. The van der Waals surface area contributed by atoms with Crippen molar-refractivity contribution in [3.63, 3.8) is 0 Å². The molecule has 1 N–H and O–H groups in total. The SMILES string of the molecule is N#CCC(=O)N1N=C(c2ccco2)CC1c1ccccc1O. The van der Waals surface area contributed by atoms with Crippen molar-refractivity contribution in [2.24, 2.45) is 5.10 Å². The van der Waals surface area contributed by atoms with Crippen LogP contribution in [0, 0.1) is 11.3 Å². The number of nitrogens with zero attached hydrogens (tertiary/aromatic N) is 3. The summed E-state index contributed by atoms with van der Waals surface area (Å²) in [6.45, 7) is 0. The van der Waals surface area contributed by atoms with Crippen molar-refractivity contribution in [2.45, 2.75) is 18.9 Å². The number of carbonyl (C=O) groups is 1. The van der Waals surface area contributed by atoms with Gasteiger partial charge in [0.25, 0.3) is 5.91 Å². The Morgan fingerprint density at radius 3 is 2.91 bits per heavy atom. The van der Waals surface area contributed by atoms with E-state index in [9.17, 15) is 9.90 Å². The van der Waals surface area contributed by atoms with Crippen LogP contribution in [0.4, 0.5) is 0 Å². The van der Waals surface area contributed by atoms with E-state index in [0.29, 0.717) is 23.5 Å². The fourth-order valence-electron chi connectivity index (χ4n) is 2.49. The van der Waals surface area contributed by atoms with E-state index in [1.807, 2.05) is 6.07 Å². The van der Waals surface area contributed by atoms with Crippen molar-refractivity contribution in [3.8, 4) is 11.8 Å². The summed E-state index contributed by atoms with van der Waals surface area (Å²) in [5, 5.41) is 24.3. The van der Waals surface area contributed by atoms with E-state index in [2.05, 4.69) is 5.10 Å². The Morgan fingerprint density at radius 1 is 1.41 bits per heavy atom. The van der Waals surface area contributed by atoms with Gasteiger partial charge in [0.2, 0.25) is 0 Å². The highest BCUT2D eigenvalue weighted by Gasteiger charge is 2.35. The number of hydrazone groups is 1. The molecule has 6 heteroatoms. The molecule has 0 saturated carbocycles. The number of hydrogen-bond donors (Lipinski definition) is 1. The maximum atomic E-state index is 12.1. The van der Waals surface area contributed by atoms with Crippen LogP contribution in [-0.4, -0.2) is 21.7 Å². The molecule has 22 heavy (non-hydrogen) atoms. The van der Waals surface area contributed by atoms with Crippen molar-refractivity contribution < 1.29 is 14.3 Å². The summed E-state index contributed by atoms with van der Waals surface area (Å²) < 4.78 is 5.32. The maximum Gasteiger partial charge on any atom is 0.257 e. The number of furan rings is 1. The molecule has 0 bridgehead atoms. The van der Waals surface area contributed by atoms with Gasteiger partial charge in [0, 0.05) is 12.0 Å². The standard InChI is InChI=1S/C16H13N3O3/c17-8-7-16(21)19-13(11-4-1-2-5-14(11)20)10-12(18-19)15-6-3-9-22-15/h1-6,9,13,20H,7,10H2. The Hall–Kier alpha value is -3.07. The predicted octanol–water partition coefficient (Wildman–Crippen LogP) is 2.58. The largest absolute Gasteiger partial charge is 0.508 e. The van der Waals surface area contributed by atoms with Gasteiger partial charge in [-0.05, 0) is 18.2 Å². The van der Waals surface area contributed by atoms with Gasteiger partial charge >= 0.3 is 0 Å². The topological polar surface area (TPSA) is 89.8 Å². The molecule has 2 aromatic rings. The minimum absolute atomic E-state index is 0.0955. The van der Waals surface area contributed by atoms with Crippen LogP contribution >= 0.6 is 0 Å². The average Bonchev–Trinajstić information content (AvgIpc) is 3.17. The summed E-state index contributed by atoms with van der Waals surface area (Å²) in [5.41, 5.74) is 1.21. The van der Waals surface area contributed by atoms with Crippen LogP contribution in [0.25, 0.3) is 0 Å². The highest BCUT2D eigenvalue weighted by molar-refractivity contribution is 6.01. The Bertz CT molecular complexity index is 759. The average molecular weight is 295 g/mol. The van der Waals surface area contributed by atoms with Gasteiger partial charge in [-0.25, -0.2) is 5.01 Å². The third kappa shape index (κ3) is 2.44. The monoisotopic (exact) mass is 295 g/mol. The number of phenolic OH excluding ortho intramolecular Hbond substituents is 1. The van der Waals surface area contributed by atoms with Crippen molar-refractivity contribution in [3.05, 3.63) is 54.0 Å². The van der Waals surface area contributed by atoms with Crippen molar-refractivity contribution in [2.75, 3.05) is 0 Å². The van der Waals surface area contributed by atoms with Crippen LogP contribution in [0.15, 0.2) is 52.2 Å². The van der Waals surface area contributed by atoms with Crippen LogP contribution in [-0.2, 0) is 4.79 Å². The van der Waals surface area contributed by atoms with Gasteiger partial charge in [-0.1, -0.05) is 18.2 Å². The molecular formula is C16H13N3O3. The first-order chi connectivity index (χ1) is 10.7. The minimum atomic E-state index is -0.442. The summed E-state index contributed by atoms with van der Waals surface area (Å²) in [4.78, 5) is 12.1. The number of benzene rings is 1. The van der Waals surface area contributed by atoms with Crippen LogP contribution in [0.2, 0.25) is 0 Å². The third-order valence-corrected chi connectivity index (χ3v) is 3.50. The van der Waals surface area contributed by atoms with Crippen LogP contribution < -0.4 is 0 Å². The molecule has 1 aliphatic heterocycles. The third-order valence-electron chi connectivity index (χ3n) is 3.50. The van der Waals surface area contributed by atoms with Crippen molar-refractivity contribution in [1.82, 2.24) is 5.01 Å². The van der Waals surface area contributed by atoms with Gasteiger partial charge in [0.15, 0.2) is 0 Å². The zero-order chi connectivity index (χ0) is 15.5. The van der Waals surface area contributed by atoms with E-state index in [-0.39, 0.29) is 12.2 Å². The summed E-state index contributed by atoms with van der Waals surface area (Å²) in [6.07, 6.45) is 1.69. The predicted molar refractivity (Wildman–Crippen MR) is 77.8 cm³/mol. The van der Waals surface area contributed by atoms with Gasteiger partial charge in [-0.3, -0.25) is 4.79 Å². The van der Waals surface area contributed by atoms with E-state index in [4.69, 9.17) is 9.68 Å². The number of carbonyl (C=O) groups excluding carboxylic acids is 1. The number of rotatable bonds is 3. The first kappa shape index (κ1) is 13.9. The fourth-order valence-corrected chi connectivity index (χ4v) is 2.49. The maximum absolute atomic E-state index is 12.1. The Labute approximate surface area is 126 Å². The first-order valence-corrected chi connectivity index (χ1v) is 6.79. The smallest absolute Gasteiger partial charge is 0.257 e. The molecule has 2 heterocycles. The second-order valence-electron chi connectivity index (χ2n) is 4.88. The molecule has 1 unspecified atom stereocenters. The number of amides is 1. The highest BCUT2D eigenvalue weighted by Crippen LogP contribution is 2.37. The molecule has 1 atom stereocenters. The normalized spacial score (nSPS) is 17.1. The van der Waals surface area contributed by atoms with Gasteiger partial charge in [-0.2, -0.15) is 10.4 Å². The minimum Gasteiger partial charge on any atom is -0.508 e. The molecular weight excluding hydrogens is 282 g/mol. The lowest BCUT2D eigenvalue weighted by Crippen LogP contribution is -2.26. The summed E-state index contributed by atoms with van der Waals surface area (Å²) >= 11 is 0. The number of phenols is 1. The Morgan fingerprint density at radius 2 is 2.23 bits per heavy atom. The van der Waals surface area contributed by atoms with E-state index < -0.39 is 11.9 Å². The summed E-state index contributed by atoms with van der Waals surface area (Å²) in [6, 6.07) is 11.7. The van der Waals surface area contributed by atoms with Gasteiger partial charge in [0.05, 0.1) is 18.4 Å². The van der Waals surface area contributed by atoms with Crippen LogP contribution in [0.3, 0.4) is 0 Å². The van der Waals surface area contributed by atoms with E-state index in [1.165, 1.54) is 11.3 Å². The Kier molecular flexibility index (Phi) is 3.62. The zero-order valence-electron chi connectivity index (χ0n) is 11.6. The molecule has 110 valence electrons. The van der Waals surface area contributed by atoms with E-state index in [1.54, 1.807) is 36.4 Å². The molecule has 6 nitrogen and oxygen atoms in total. The second kappa shape index (κ2) is 5.74. The first-order valence-electron chi connectivity index (χ1n) is 6.79. The number of para-hydroxylation sites is 1. The molecule has 1 aromatic heterocycles. The summed E-state index contributed by atoms with van der Waals surface area (Å²) in [5.74, 6) is 0.267. The second-order valence-corrected chi connectivity index (χ2v) is 4.88. The van der Waals surface area contributed by atoms with Crippen molar-refractivity contribution >= 4 is 11.6 Å². The van der Waals surface area contributed by atoms with Crippen LogP contribution in [0.1, 0.15) is 30.2 Å². The van der Waals surface area contributed by atoms with Gasteiger partial charge in [-0.15, -0.1) is 0 Å². The fraction of sp³-hybridized carbons (Fsp3) is 0.188. The number of aromatic hydroxyl groups is 1. The van der Waals surface area contributed by atoms with Crippen molar-refractivity contribution in [1.29, 1.82) is 5.26 Å². The molecule has 0 radical (unpaired) electrons. The number of nitriles is 1. The highest BCUT2D eigenvalue weighted by atomic mass is 16.3. The molecule has 1 aliphatic rings. The van der Waals surface area contributed by atoms with Gasteiger partial charge < -0.3 is 9.52 Å². The van der Waals surface area contributed by atoms with Crippen LogP contribution in [0.5, 0.6) is 5.75 Å². The molecule has 1 aromatic carbocycles. The van der Waals surface area contributed by atoms with E-state index >= 15 is 0 Å². The lowest BCUT2D eigenvalue weighted by Gasteiger charge is -2.21. The number of hydrogen-bond acceptors (Lipinski definition) is 5.